The topological polar surface area (TPSA) is 59.1 Å². The van der Waals surface area contributed by atoms with Gasteiger partial charge >= 0.3 is 0 Å². The number of nitrogens with one attached hydrogen (secondary N) is 2. The Morgan fingerprint density at radius 1 is 0.404 bits per heavy atom. The standard InChI is InChI=1S/C86H90BN5S2/c1-55(57-29-21-17-22-30-57)81(66(53-88)59-33-25-19-26-34-59)91-76-51-70-68(83(3,4)41-43-85(70,7)8)49-72(76)87-73-50-69-71(86(9,10)44-42-84(69,5)6)52-77(73)92(82(56(2)58-31-23-18-24-32-58)67(54-89)60-35-27-20-28-36-60)79-46-61(45-78(91)80(79)87)90-74-39-37-62(93(11,12)13)47-64(74)65-48-63(94(14,15)16)38-40-75(65)90/h17-40,45-54,88-89H,1-2,41-44H2,3-16H3/b81-66-,82-67-,88-53?,89-54?. The molecule has 0 saturated carbocycles. The zero-order valence-corrected chi connectivity index (χ0v) is 59.2. The molecule has 8 heteroatoms. The summed E-state index contributed by atoms with van der Waals surface area (Å²) in [7, 11) is -2.25. The van der Waals surface area contributed by atoms with Gasteiger partial charge in [-0.1, -0.05) is 202 Å². The molecular formula is C86H90BN5S2. The molecule has 474 valence electrons. The Morgan fingerprint density at radius 2 is 0.723 bits per heavy atom. The van der Waals surface area contributed by atoms with Gasteiger partial charge in [-0.15, -0.1) is 0 Å². The van der Waals surface area contributed by atoms with E-state index in [0.29, 0.717) is 0 Å². The number of benzene rings is 9. The van der Waals surface area contributed by atoms with E-state index in [1.54, 1.807) is 12.4 Å². The molecule has 2 N–H and O–H groups in total. The van der Waals surface area contributed by atoms with Crippen LogP contribution in [0.3, 0.4) is 0 Å². The number of fused-ring (bicyclic) bond motifs is 9. The SMILES string of the molecule is C=C(/C(=C(\C=N)c1ccccc1)N1c2cc3c(cc2B2c4cc5c(cc4N(/C(C(=C)c4ccccc4)=C(/C=N)c4ccccc4)c4cc(-n6c7ccc(S(C)(C)C)cc7c7cc(S(C)(C)C)ccc76)cc1c42)C(C)(C)CCC5(C)C)C(C)(C)CCC3(C)C)c1ccccc1. The third kappa shape index (κ3) is 10.2. The molecule has 2 aliphatic heterocycles. The van der Waals surface area contributed by atoms with Crippen molar-refractivity contribution in [2.24, 2.45) is 0 Å². The molecule has 0 atom stereocenters. The first kappa shape index (κ1) is 62.9. The number of hydrogen-bond donors (Lipinski definition) is 2. The van der Waals surface area contributed by atoms with E-state index in [0.717, 1.165) is 127 Å². The second kappa shape index (κ2) is 22.6. The molecule has 1 aromatic heterocycles. The molecule has 4 aliphatic rings. The van der Waals surface area contributed by atoms with E-state index in [4.69, 9.17) is 13.2 Å². The lowest BCUT2D eigenvalue weighted by Gasteiger charge is -2.50. The van der Waals surface area contributed by atoms with Gasteiger partial charge in [-0.05, 0) is 227 Å². The lowest BCUT2D eigenvalue weighted by molar-refractivity contribution is 0.332. The maximum atomic E-state index is 9.85. The third-order valence-electron chi connectivity index (χ3n) is 21.6. The van der Waals surface area contributed by atoms with Crippen molar-refractivity contribution in [3.8, 4) is 5.69 Å². The number of allylic oxidation sites excluding steroid dienone is 4. The van der Waals surface area contributed by atoms with E-state index in [2.05, 4.69) is 301 Å². The van der Waals surface area contributed by atoms with Crippen molar-refractivity contribution in [1.29, 1.82) is 10.8 Å². The van der Waals surface area contributed by atoms with Crippen LogP contribution in [-0.2, 0) is 21.7 Å². The van der Waals surface area contributed by atoms with E-state index in [1.165, 1.54) is 53.7 Å². The molecule has 0 unspecified atom stereocenters. The molecule has 0 spiro atoms. The normalized spacial score (nSPS) is 17.4. The fourth-order valence-corrected chi connectivity index (χ4v) is 17.8. The Labute approximate surface area is 562 Å². The smallest absolute Gasteiger partial charge is 0.252 e. The van der Waals surface area contributed by atoms with Crippen molar-refractivity contribution in [2.45, 2.75) is 113 Å². The number of anilines is 4. The Morgan fingerprint density at radius 3 is 1.04 bits per heavy atom. The largest absolute Gasteiger partial charge is 0.310 e. The van der Waals surface area contributed by atoms with E-state index >= 15 is 0 Å². The number of aromatic nitrogens is 1. The molecule has 9 aromatic carbocycles. The summed E-state index contributed by atoms with van der Waals surface area (Å²) < 4.78 is 2.55. The molecule has 0 radical (unpaired) electrons. The monoisotopic (exact) mass is 1270 g/mol. The number of rotatable bonds is 13. The van der Waals surface area contributed by atoms with Gasteiger partial charge in [0.1, 0.15) is 0 Å². The minimum Gasteiger partial charge on any atom is -0.310 e. The van der Waals surface area contributed by atoms with Crippen LogP contribution in [0.25, 0.3) is 49.8 Å². The molecule has 0 fully saturated rings. The lowest BCUT2D eigenvalue weighted by Crippen LogP contribution is -2.63. The van der Waals surface area contributed by atoms with E-state index < -0.39 is 20.1 Å². The van der Waals surface area contributed by atoms with Crippen molar-refractivity contribution in [1.82, 2.24) is 4.57 Å². The molecule has 2 aliphatic carbocycles. The lowest BCUT2D eigenvalue weighted by atomic mass is 9.32. The maximum Gasteiger partial charge on any atom is 0.252 e. The summed E-state index contributed by atoms with van der Waals surface area (Å²) in [4.78, 5) is 7.86. The first-order chi connectivity index (χ1) is 44.6. The fourth-order valence-electron chi connectivity index (χ4n) is 15.9. The highest BCUT2D eigenvalue weighted by Gasteiger charge is 2.50. The van der Waals surface area contributed by atoms with Gasteiger partial charge in [-0.2, -0.15) is 0 Å². The predicted molar refractivity (Wildman–Crippen MR) is 416 cm³/mol. The fraction of sp³-hybridized carbons (Fsp3) is 0.256. The quantitative estimate of drug-likeness (QED) is 0.0687. The van der Waals surface area contributed by atoms with Crippen molar-refractivity contribution >= 4 is 122 Å². The van der Waals surface area contributed by atoms with Gasteiger partial charge < -0.3 is 25.2 Å². The summed E-state index contributed by atoms with van der Waals surface area (Å²) in [5.41, 5.74) is 24.7. The summed E-state index contributed by atoms with van der Waals surface area (Å²) in [6, 6.07) is 72.3. The van der Waals surface area contributed by atoms with Gasteiger partial charge in [0.2, 0.25) is 0 Å². The minimum atomic E-state index is -1.12. The number of nitrogens with zero attached hydrogens (tertiary/aromatic N) is 3. The van der Waals surface area contributed by atoms with Crippen LogP contribution in [0.4, 0.5) is 22.7 Å². The van der Waals surface area contributed by atoms with Gasteiger partial charge in [0.25, 0.3) is 6.71 Å². The van der Waals surface area contributed by atoms with E-state index in [1.807, 2.05) is 0 Å². The third-order valence-corrected chi connectivity index (χ3v) is 24.9. The van der Waals surface area contributed by atoms with Crippen LogP contribution in [0.1, 0.15) is 126 Å². The highest BCUT2D eigenvalue weighted by Crippen LogP contribution is 2.56. The van der Waals surface area contributed by atoms with Gasteiger partial charge in [0.05, 0.1) is 28.1 Å². The Hall–Kier alpha value is -8.56. The predicted octanol–water partition coefficient (Wildman–Crippen LogP) is 20.6. The van der Waals surface area contributed by atoms with Crippen molar-refractivity contribution in [3.05, 3.63) is 263 Å². The van der Waals surface area contributed by atoms with E-state index in [-0.39, 0.29) is 28.4 Å². The molecule has 0 bridgehead atoms. The average molecular weight is 1270 g/mol. The molecule has 14 rings (SSSR count). The first-order valence-electron chi connectivity index (χ1n) is 33.3. The molecule has 3 heterocycles. The zero-order valence-electron chi connectivity index (χ0n) is 57.6. The number of hydrogen-bond acceptors (Lipinski definition) is 4. The van der Waals surface area contributed by atoms with Crippen LogP contribution >= 0.6 is 20.1 Å². The Bertz CT molecular complexity index is 4570. The average Bonchev–Trinajstić information content (AvgIpc) is 0.722. The van der Waals surface area contributed by atoms with E-state index in [9.17, 15) is 10.8 Å². The van der Waals surface area contributed by atoms with Gasteiger partial charge in [-0.25, -0.2) is 20.1 Å². The highest BCUT2D eigenvalue weighted by molar-refractivity contribution is 8.32. The van der Waals surface area contributed by atoms with Crippen molar-refractivity contribution in [3.63, 3.8) is 0 Å². The zero-order chi connectivity index (χ0) is 66.3. The first-order valence-corrected chi connectivity index (χ1v) is 39.1. The van der Waals surface area contributed by atoms with Crippen molar-refractivity contribution in [2.75, 3.05) is 47.3 Å². The molecule has 94 heavy (non-hydrogen) atoms. The molecular weight excluding hydrogens is 1180 g/mol. The molecule has 5 nitrogen and oxygen atoms in total. The summed E-state index contributed by atoms with van der Waals surface area (Å²) in [6.07, 6.45) is 21.8. The summed E-state index contributed by atoms with van der Waals surface area (Å²) in [5.74, 6) is 0. The van der Waals surface area contributed by atoms with Gasteiger partial charge in [0.15, 0.2) is 0 Å². The van der Waals surface area contributed by atoms with Crippen molar-refractivity contribution < 1.29 is 0 Å². The van der Waals surface area contributed by atoms with Crippen LogP contribution in [-0.4, -0.2) is 61.2 Å². The Balaban J connectivity index is 1.25. The summed E-state index contributed by atoms with van der Waals surface area (Å²) in [5, 5.41) is 22.2. The summed E-state index contributed by atoms with van der Waals surface area (Å²) in [6.45, 7) is 29.7. The van der Waals surface area contributed by atoms with Crippen LogP contribution in [0.15, 0.2) is 228 Å². The van der Waals surface area contributed by atoms with Crippen LogP contribution < -0.4 is 26.2 Å². The summed E-state index contributed by atoms with van der Waals surface area (Å²) >= 11 is 0. The van der Waals surface area contributed by atoms with Crippen LogP contribution in [0.2, 0.25) is 0 Å². The maximum absolute atomic E-state index is 9.85. The van der Waals surface area contributed by atoms with Crippen LogP contribution in [0, 0.1) is 10.8 Å². The van der Waals surface area contributed by atoms with Gasteiger partial charge in [-0.3, -0.25) is 0 Å². The molecule has 0 saturated heterocycles. The highest BCUT2D eigenvalue weighted by atomic mass is 32.3. The second-order valence-electron chi connectivity index (χ2n) is 31.1. The second-order valence-corrected chi connectivity index (χ2v) is 39.3. The Kier molecular flexibility index (Phi) is 15.1. The van der Waals surface area contributed by atoms with Crippen LogP contribution in [0.5, 0.6) is 0 Å². The molecule has 0 amide bonds. The van der Waals surface area contributed by atoms with Gasteiger partial charge in [0, 0.05) is 57.1 Å². The molecule has 10 aromatic rings. The minimum absolute atomic E-state index is 0.128.